The molecule has 0 aromatic carbocycles. The summed E-state index contributed by atoms with van der Waals surface area (Å²) in [4.78, 5) is 0. The van der Waals surface area contributed by atoms with Crippen LogP contribution in [-0.4, -0.2) is 6.54 Å². The molecule has 0 fully saturated rings. The molecule has 13 heavy (non-hydrogen) atoms. The molecule has 1 aliphatic rings. The highest BCUT2D eigenvalue weighted by atomic mass is 14.9. The highest BCUT2D eigenvalue weighted by Crippen LogP contribution is 2.15. The molecule has 0 saturated heterocycles. The average molecular weight is 179 g/mol. The van der Waals surface area contributed by atoms with Gasteiger partial charge in [0.2, 0.25) is 0 Å². The zero-order valence-electron chi connectivity index (χ0n) is 9.06. The molecule has 0 bridgehead atoms. The molecule has 0 aromatic heterocycles. The molecule has 1 N–H and O–H groups in total. The first kappa shape index (κ1) is 12.0. The van der Waals surface area contributed by atoms with Crippen LogP contribution in [-0.2, 0) is 0 Å². The highest BCUT2D eigenvalue weighted by molar-refractivity contribution is 5.32. The summed E-state index contributed by atoms with van der Waals surface area (Å²) < 4.78 is 0. The molecule has 0 atom stereocenters. The molecule has 1 heterocycles. The summed E-state index contributed by atoms with van der Waals surface area (Å²) in [5, 5.41) is 3.31. The largest absolute Gasteiger partial charge is 0.385 e. The fraction of sp³-hybridized carbons (Fsp3) is 0.500. The van der Waals surface area contributed by atoms with Crippen molar-refractivity contribution in [2.24, 2.45) is 0 Å². The fourth-order valence-electron chi connectivity index (χ4n) is 1.33. The first-order chi connectivity index (χ1) is 6.38. The van der Waals surface area contributed by atoms with Gasteiger partial charge >= 0.3 is 0 Å². The molecule has 1 rings (SSSR count). The van der Waals surface area contributed by atoms with Gasteiger partial charge in [0, 0.05) is 12.2 Å². The molecular formula is C12H21N. The quantitative estimate of drug-likeness (QED) is 0.685. The Morgan fingerprint density at radius 1 is 1.38 bits per heavy atom. The van der Waals surface area contributed by atoms with Gasteiger partial charge in [0.05, 0.1) is 0 Å². The lowest BCUT2D eigenvalue weighted by Crippen LogP contribution is -2.19. The average Bonchev–Trinajstić information content (AvgIpc) is 2.22. The summed E-state index contributed by atoms with van der Waals surface area (Å²) in [5.74, 6) is 0. The third-order valence-electron chi connectivity index (χ3n) is 1.86. The molecule has 0 radical (unpaired) electrons. The predicted octanol–water partition coefficient (Wildman–Crippen LogP) is 3.41. The van der Waals surface area contributed by atoms with Gasteiger partial charge in [-0.15, -0.1) is 0 Å². The number of nitrogens with one attached hydrogen (secondary N) is 1. The Labute approximate surface area is 82.2 Å². The summed E-state index contributed by atoms with van der Waals surface area (Å²) in [6.45, 7) is 10.9. The molecule has 0 amide bonds. The normalized spacial score (nSPS) is 16.2. The minimum Gasteiger partial charge on any atom is -0.385 e. The summed E-state index contributed by atoms with van der Waals surface area (Å²) in [6.07, 6.45) is 8.54. The van der Waals surface area contributed by atoms with E-state index < -0.39 is 0 Å². The minimum absolute atomic E-state index is 1.09. The maximum Gasteiger partial charge on any atom is 0.0366 e. The smallest absolute Gasteiger partial charge is 0.0366 e. The molecule has 0 spiro atoms. The van der Waals surface area contributed by atoms with Crippen LogP contribution in [0.2, 0.25) is 0 Å². The Kier molecular flexibility index (Phi) is 7.08. The van der Waals surface area contributed by atoms with Gasteiger partial charge in [-0.1, -0.05) is 32.6 Å². The van der Waals surface area contributed by atoms with E-state index in [0.29, 0.717) is 0 Å². The van der Waals surface area contributed by atoms with E-state index in [4.69, 9.17) is 0 Å². The Morgan fingerprint density at radius 2 is 2.08 bits per heavy atom. The van der Waals surface area contributed by atoms with Crippen molar-refractivity contribution in [3.05, 3.63) is 36.1 Å². The zero-order chi connectivity index (χ0) is 10.1. The maximum atomic E-state index is 3.76. The zero-order valence-corrected chi connectivity index (χ0v) is 9.06. The predicted molar refractivity (Wildman–Crippen MR) is 60.6 cm³/mol. The van der Waals surface area contributed by atoms with Gasteiger partial charge < -0.3 is 5.32 Å². The number of hydrogen-bond donors (Lipinski definition) is 1. The van der Waals surface area contributed by atoms with Crippen molar-refractivity contribution < 1.29 is 0 Å². The Bertz CT molecular complexity index is 199. The molecular weight excluding hydrogens is 158 g/mol. The van der Waals surface area contributed by atoms with Crippen LogP contribution in [0.5, 0.6) is 0 Å². The standard InChI is InChI=1S/C10H15N.C2H6/c1-3-6-9-7-5-8-11-10(9)4-2;1-2/h3-4,6,11H,2,5,7-8H2,1H3;1-2H3/b6-3-;. The number of hydrogen-bond acceptors (Lipinski definition) is 1. The summed E-state index contributed by atoms with van der Waals surface area (Å²) in [6, 6.07) is 0. The molecule has 0 unspecified atom stereocenters. The highest BCUT2D eigenvalue weighted by Gasteiger charge is 2.05. The van der Waals surface area contributed by atoms with E-state index in [0.717, 1.165) is 6.54 Å². The van der Waals surface area contributed by atoms with Crippen LogP contribution in [0.15, 0.2) is 36.1 Å². The van der Waals surface area contributed by atoms with E-state index >= 15 is 0 Å². The van der Waals surface area contributed by atoms with Crippen LogP contribution >= 0.6 is 0 Å². The summed E-state index contributed by atoms with van der Waals surface area (Å²) in [7, 11) is 0. The second-order valence-electron chi connectivity index (χ2n) is 2.67. The third kappa shape index (κ3) is 3.97. The number of rotatable bonds is 2. The maximum absolute atomic E-state index is 3.76. The Balaban J connectivity index is 0.000000671. The van der Waals surface area contributed by atoms with Crippen molar-refractivity contribution in [1.29, 1.82) is 0 Å². The lowest BCUT2D eigenvalue weighted by molar-refractivity contribution is 0.685. The lowest BCUT2D eigenvalue weighted by Gasteiger charge is -2.17. The first-order valence-electron chi connectivity index (χ1n) is 5.10. The van der Waals surface area contributed by atoms with Crippen LogP contribution in [0.25, 0.3) is 0 Å². The van der Waals surface area contributed by atoms with Gasteiger partial charge in [0.15, 0.2) is 0 Å². The van der Waals surface area contributed by atoms with Crippen LogP contribution in [0, 0.1) is 0 Å². The molecule has 1 aliphatic heterocycles. The van der Waals surface area contributed by atoms with Gasteiger partial charge in [0.25, 0.3) is 0 Å². The van der Waals surface area contributed by atoms with Gasteiger partial charge in [-0.25, -0.2) is 0 Å². The molecule has 1 nitrogen and oxygen atoms in total. The molecule has 1 heteroatoms. The van der Waals surface area contributed by atoms with Crippen molar-refractivity contribution in [3.63, 3.8) is 0 Å². The van der Waals surface area contributed by atoms with Gasteiger partial charge in [-0.2, -0.15) is 0 Å². The molecule has 74 valence electrons. The summed E-state index contributed by atoms with van der Waals surface area (Å²) in [5.41, 5.74) is 2.59. The van der Waals surface area contributed by atoms with Crippen LogP contribution in [0.3, 0.4) is 0 Å². The minimum atomic E-state index is 1.09. The molecule has 0 aromatic rings. The van der Waals surface area contributed by atoms with Crippen molar-refractivity contribution in [2.75, 3.05) is 6.54 Å². The second kappa shape index (κ2) is 7.66. The fourth-order valence-corrected chi connectivity index (χ4v) is 1.33. The topological polar surface area (TPSA) is 12.0 Å². The molecule has 0 saturated carbocycles. The van der Waals surface area contributed by atoms with Gasteiger partial charge in [-0.3, -0.25) is 0 Å². The number of allylic oxidation sites excluding steroid dienone is 4. The Hall–Kier alpha value is -0.980. The van der Waals surface area contributed by atoms with Crippen molar-refractivity contribution in [3.8, 4) is 0 Å². The van der Waals surface area contributed by atoms with E-state index in [-0.39, 0.29) is 0 Å². The van der Waals surface area contributed by atoms with E-state index in [9.17, 15) is 0 Å². The monoisotopic (exact) mass is 179 g/mol. The Morgan fingerprint density at radius 3 is 2.62 bits per heavy atom. The van der Waals surface area contributed by atoms with Gasteiger partial charge in [-0.05, 0) is 31.4 Å². The van der Waals surface area contributed by atoms with E-state index in [1.165, 1.54) is 24.1 Å². The van der Waals surface area contributed by atoms with Crippen LogP contribution < -0.4 is 5.32 Å². The van der Waals surface area contributed by atoms with Crippen LogP contribution in [0.4, 0.5) is 0 Å². The third-order valence-corrected chi connectivity index (χ3v) is 1.86. The van der Waals surface area contributed by atoms with Crippen molar-refractivity contribution in [1.82, 2.24) is 5.32 Å². The van der Waals surface area contributed by atoms with E-state index in [1.54, 1.807) is 0 Å². The van der Waals surface area contributed by atoms with Crippen molar-refractivity contribution in [2.45, 2.75) is 33.6 Å². The SMILES string of the molecule is C=CC1=C(/C=C\C)CCCN1.CC. The van der Waals surface area contributed by atoms with E-state index in [1.807, 2.05) is 26.8 Å². The second-order valence-corrected chi connectivity index (χ2v) is 2.67. The van der Waals surface area contributed by atoms with E-state index in [2.05, 4.69) is 24.0 Å². The van der Waals surface area contributed by atoms with Gasteiger partial charge in [0.1, 0.15) is 0 Å². The van der Waals surface area contributed by atoms with Crippen LogP contribution in [0.1, 0.15) is 33.6 Å². The lowest BCUT2D eigenvalue weighted by atomic mass is 10.0. The first-order valence-corrected chi connectivity index (χ1v) is 5.10. The summed E-state index contributed by atoms with van der Waals surface area (Å²) >= 11 is 0. The molecule has 0 aliphatic carbocycles. The van der Waals surface area contributed by atoms with Crippen molar-refractivity contribution >= 4 is 0 Å².